The molecule has 0 aromatic heterocycles. The van der Waals surface area contributed by atoms with Gasteiger partial charge in [-0.2, -0.15) is 0 Å². The first kappa shape index (κ1) is 24.6. The summed E-state index contributed by atoms with van der Waals surface area (Å²) in [7, 11) is 0. The third-order valence-electron chi connectivity index (χ3n) is 4.64. The Balaban J connectivity index is 0.00000320. The molecule has 0 aliphatic rings. The fourth-order valence-corrected chi connectivity index (χ4v) is 4.04. The normalized spacial score (nSPS) is 12.7. The maximum absolute atomic E-state index is 9.30. The first-order valence-electron chi connectivity index (χ1n) is 9.58. The second-order valence-electron chi connectivity index (χ2n) is 7.42. The van der Waals surface area contributed by atoms with Crippen molar-refractivity contribution in [2.45, 2.75) is 41.7 Å². The van der Waals surface area contributed by atoms with E-state index in [0.717, 1.165) is 38.1 Å². The minimum atomic E-state index is -0.586. The van der Waals surface area contributed by atoms with Crippen molar-refractivity contribution in [2.24, 2.45) is 5.73 Å². The summed E-state index contributed by atoms with van der Waals surface area (Å²) in [6.45, 7) is 2.35. The van der Waals surface area contributed by atoms with Gasteiger partial charge in [-0.3, -0.25) is 0 Å². The number of ether oxygens (including phenoxy) is 1. The highest BCUT2D eigenvalue weighted by atomic mass is 35.5. The molecule has 3 rings (SSSR count). The summed E-state index contributed by atoms with van der Waals surface area (Å²) >= 11 is 8.12. The molecule has 0 heterocycles. The molecule has 3 N–H and O–H groups in total. The van der Waals surface area contributed by atoms with E-state index in [1.807, 2.05) is 55.5 Å². The highest BCUT2D eigenvalue weighted by Crippen LogP contribution is 2.33. The monoisotopic (exact) mass is 463 g/mol. The van der Waals surface area contributed by atoms with Gasteiger partial charge in [-0.1, -0.05) is 65.8 Å². The van der Waals surface area contributed by atoms with E-state index < -0.39 is 5.54 Å². The molecular weight excluding hydrogens is 437 g/mol. The molecular formula is C24H27Cl2NO2S. The molecule has 1 unspecified atom stereocenters. The van der Waals surface area contributed by atoms with Gasteiger partial charge < -0.3 is 15.6 Å². The van der Waals surface area contributed by atoms with Crippen LogP contribution in [0.3, 0.4) is 0 Å². The van der Waals surface area contributed by atoms with Gasteiger partial charge in [0.05, 0.1) is 6.61 Å². The number of rotatable bonds is 9. The van der Waals surface area contributed by atoms with Gasteiger partial charge in [0, 0.05) is 20.4 Å². The Morgan fingerprint density at radius 3 is 2.43 bits per heavy atom. The van der Waals surface area contributed by atoms with Gasteiger partial charge in [0.25, 0.3) is 0 Å². The Morgan fingerprint density at radius 1 is 1.00 bits per heavy atom. The number of benzene rings is 3. The lowest BCUT2D eigenvalue weighted by Gasteiger charge is -2.21. The van der Waals surface area contributed by atoms with Crippen LogP contribution in [0.4, 0.5) is 0 Å². The van der Waals surface area contributed by atoms with Gasteiger partial charge in [-0.25, -0.2) is 0 Å². The van der Waals surface area contributed by atoms with Crippen molar-refractivity contribution in [3.63, 3.8) is 0 Å². The number of nitrogens with two attached hydrogens (primary N) is 1. The first-order chi connectivity index (χ1) is 13.9. The Hall–Kier alpha value is -1.69. The van der Waals surface area contributed by atoms with Crippen LogP contribution in [-0.4, -0.2) is 17.3 Å². The second-order valence-corrected chi connectivity index (χ2v) is 8.97. The van der Waals surface area contributed by atoms with Crippen LogP contribution in [0.5, 0.6) is 5.75 Å². The third-order valence-corrected chi connectivity index (χ3v) is 5.97. The third kappa shape index (κ3) is 7.53. The number of hydrogen-bond donors (Lipinski definition) is 2. The zero-order valence-electron chi connectivity index (χ0n) is 16.9. The average Bonchev–Trinajstić information content (AvgIpc) is 2.73. The van der Waals surface area contributed by atoms with Gasteiger partial charge in [-0.05, 0) is 61.2 Å². The molecule has 0 amide bonds. The topological polar surface area (TPSA) is 55.5 Å². The molecule has 0 radical (unpaired) electrons. The summed E-state index contributed by atoms with van der Waals surface area (Å²) in [5.41, 5.74) is 7.61. The smallest absolute Gasteiger partial charge is 0.120 e. The van der Waals surface area contributed by atoms with Gasteiger partial charge in [-0.15, -0.1) is 12.4 Å². The quantitative estimate of drug-likeness (QED) is 0.400. The molecule has 0 saturated carbocycles. The van der Waals surface area contributed by atoms with Crippen molar-refractivity contribution in [3.05, 3.63) is 88.9 Å². The van der Waals surface area contributed by atoms with E-state index in [0.29, 0.717) is 13.0 Å². The second kappa shape index (κ2) is 11.6. The summed E-state index contributed by atoms with van der Waals surface area (Å²) in [5.74, 6) is 0.841. The van der Waals surface area contributed by atoms with E-state index in [1.165, 1.54) is 0 Å². The van der Waals surface area contributed by atoms with Crippen molar-refractivity contribution in [1.29, 1.82) is 0 Å². The van der Waals surface area contributed by atoms with E-state index in [2.05, 4.69) is 24.3 Å². The fraction of sp³-hybridized carbons (Fsp3) is 0.250. The zero-order chi connectivity index (χ0) is 20.7. The van der Waals surface area contributed by atoms with Gasteiger partial charge >= 0.3 is 0 Å². The lowest BCUT2D eigenvalue weighted by Crippen LogP contribution is -2.40. The first-order valence-corrected chi connectivity index (χ1v) is 10.8. The van der Waals surface area contributed by atoms with E-state index in [1.54, 1.807) is 11.8 Å². The molecule has 6 heteroatoms. The van der Waals surface area contributed by atoms with Gasteiger partial charge in [0.1, 0.15) is 12.4 Å². The predicted octanol–water partition coefficient (Wildman–Crippen LogP) is 6.13. The summed E-state index contributed by atoms with van der Waals surface area (Å²) in [4.78, 5) is 2.16. The Kier molecular flexibility index (Phi) is 9.53. The number of halogens is 2. The molecule has 0 fully saturated rings. The van der Waals surface area contributed by atoms with Crippen LogP contribution in [0.15, 0.2) is 82.6 Å². The molecule has 1 atom stereocenters. The van der Waals surface area contributed by atoms with Gasteiger partial charge in [0.2, 0.25) is 0 Å². The van der Waals surface area contributed by atoms with E-state index in [4.69, 9.17) is 22.1 Å². The van der Waals surface area contributed by atoms with Crippen LogP contribution in [0.2, 0.25) is 5.02 Å². The van der Waals surface area contributed by atoms with Crippen molar-refractivity contribution in [3.8, 4) is 5.75 Å². The molecule has 3 aromatic rings. The van der Waals surface area contributed by atoms with Crippen LogP contribution in [-0.2, 0) is 13.0 Å². The van der Waals surface area contributed by atoms with Crippen LogP contribution in [0.25, 0.3) is 0 Å². The molecule has 0 aliphatic carbocycles. The zero-order valence-corrected chi connectivity index (χ0v) is 19.3. The van der Waals surface area contributed by atoms with E-state index >= 15 is 0 Å². The minimum absolute atomic E-state index is 0. The Morgan fingerprint density at radius 2 is 1.73 bits per heavy atom. The summed E-state index contributed by atoms with van der Waals surface area (Å²) in [6.07, 6.45) is 1.41. The molecule has 0 aliphatic heterocycles. The summed E-state index contributed by atoms with van der Waals surface area (Å²) in [5, 5.41) is 10.0. The standard InChI is InChI=1S/C24H26ClNO2S.ClH/c1-24(26,17-27)13-12-19-10-11-22(15-23(19)25)29-21-9-5-8-20(14-21)28-16-18-6-3-2-4-7-18;/h2-11,14-15,27H,12-13,16-17,26H2,1H3;1H. The predicted molar refractivity (Wildman–Crippen MR) is 128 cm³/mol. The van der Waals surface area contributed by atoms with E-state index in [-0.39, 0.29) is 19.0 Å². The lowest BCUT2D eigenvalue weighted by atomic mass is 9.95. The molecule has 3 nitrogen and oxygen atoms in total. The molecule has 30 heavy (non-hydrogen) atoms. The van der Waals surface area contributed by atoms with Crippen molar-refractivity contribution in [1.82, 2.24) is 0 Å². The Labute approximate surface area is 194 Å². The number of hydrogen-bond acceptors (Lipinski definition) is 4. The number of aliphatic hydroxyl groups excluding tert-OH is 1. The summed E-state index contributed by atoms with van der Waals surface area (Å²) < 4.78 is 5.92. The molecule has 160 valence electrons. The molecule has 0 bridgehead atoms. The largest absolute Gasteiger partial charge is 0.489 e. The fourth-order valence-electron chi connectivity index (χ4n) is 2.80. The van der Waals surface area contributed by atoms with Crippen molar-refractivity contribution in [2.75, 3.05) is 6.61 Å². The van der Waals surface area contributed by atoms with Crippen molar-refractivity contribution >= 4 is 35.8 Å². The maximum atomic E-state index is 9.30. The van der Waals surface area contributed by atoms with Crippen LogP contribution < -0.4 is 10.5 Å². The van der Waals surface area contributed by atoms with E-state index in [9.17, 15) is 5.11 Å². The number of aryl methyl sites for hydroxylation is 1. The Bertz CT molecular complexity index is 935. The lowest BCUT2D eigenvalue weighted by molar-refractivity contribution is 0.200. The minimum Gasteiger partial charge on any atom is -0.489 e. The van der Waals surface area contributed by atoms with Crippen LogP contribution in [0, 0.1) is 0 Å². The SMILES string of the molecule is CC(N)(CO)CCc1ccc(Sc2cccc(OCc3ccccc3)c2)cc1Cl.Cl. The van der Waals surface area contributed by atoms with Gasteiger partial charge in [0.15, 0.2) is 0 Å². The van der Waals surface area contributed by atoms with Crippen LogP contribution in [0.1, 0.15) is 24.5 Å². The number of aliphatic hydroxyl groups is 1. The highest BCUT2D eigenvalue weighted by molar-refractivity contribution is 7.99. The summed E-state index contributed by atoms with van der Waals surface area (Å²) in [6, 6.07) is 24.3. The molecule has 0 saturated heterocycles. The highest BCUT2D eigenvalue weighted by Gasteiger charge is 2.17. The molecule has 0 spiro atoms. The molecule has 3 aromatic carbocycles. The van der Waals surface area contributed by atoms with Crippen molar-refractivity contribution < 1.29 is 9.84 Å². The maximum Gasteiger partial charge on any atom is 0.120 e. The average molecular weight is 464 g/mol. The van der Waals surface area contributed by atoms with Crippen LogP contribution >= 0.6 is 35.8 Å².